The number of carbonyl (C=O) groups is 2. The van der Waals surface area contributed by atoms with Crippen molar-refractivity contribution in [2.75, 3.05) is 26.8 Å². The summed E-state index contributed by atoms with van der Waals surface area (Å²) in [6.07, 6.45) is 0.890. The molecular formula is C15H20N2O4. The Morgan fingerprint density at radius 3 is 2.71 bits per heavy atom. The number of benzene rings is 1. The van der Waals surface area contributed by atoms with E-state index in [9.17, 15) is 9.59 Å². The summed E-state index contributed by atoms with van der Waals surface area (Å²) >= 11 is 0. The van der Waals surface area contributed by atoms with Crippen molar-refractivity contribution >= 4 is 12.0 Å². The summed E-state index contributed by atoms with van der Waals surface area (Å²) in [4.78, 5) is 24.2. The summed E-state index contributed by atoms with van der Waals surface area (Å²) in [6.45, 7) is 0.253. The predicted octanol–water partition coefficient (Wildman–Crippen LogP) is 1.29. The van der Waals surface area contributed by atoms with Crippen LogP contribution < -0.4 is 5.32 Å². The van der Waals surface area contributed by atoms with Crippen molar-refractivity contribution in [3.05, 3.63) is 35.9 Å². The lowest BCUT2D eigenvalue weighted by molar-refractivity contribution is -0.137. The largest absolute Gasteiger partial charge is 0.480 e. The van der Waals surface area contributed by atoms with Gasteiger partial charge in [0.25, 0.3) is 0 Å². The first-order valence-electron chi connectivity index (χ1n) is 6.93. The summed E-state index contributed by atoms with van der Waals surface area (Å²) in [5.41, 5.74) is 1.20. The number of ether oxygens (including phenoxy) is 1. The fraction of sp³-hybridized carbons (Fsp3) is 0.467. The molecule has 6 nitrogen and oxygen atoms in total. The van der Waals surface area contributed by atoms with E-state index in [1.807, 2.05) is 30.3 Å². The Bertz CT molecular complexity index is 492. The van der Waals surface area contributed by atoms with Gasteiger partial charge in [0.15, 0.2) is 0 Å². The molecule has 1 saturated carbocycles. The van der Waals surface area contributed by atoms with Crippen LogP contribution >= 0.6 is 0 Å². The van der Waals surface area contributed by atoms with Crippen LogP contribution in [-0.4, -0.2) is 54.9 Å². The summed E-state index contributed by atoms with van der Waals surface area (Å²) in [7, 11) is 1.52. The molecule has 0 heterocycles. The molecule has 1 aromatic carbocycles. The molecule has 2 amide bonds. The van der Waals surface area contributed by atoms with Crippen molar-refractivity contribution in [3.63, 3.8) is 0 Å². The fourth-order valence-electron chi connectivity index (χ4n) is 2.29. The van der Waals surface area contributed by atoms with Gasteiger partial charge >= 0.3 is 12.0 Å². The molecule has 0 aliphatic heterocycles. The third kappa shape index (κ3) is 4.46. The molecule has 114 valence electrons. The summed E-state index contributed by atoms with van der Waals surface area (Å²) in [5.74, 6) is -0.707. The number of nitrogens with one attached hydrogen (secondary N) is 1. The van der Waals surface area contributed by atoms with Gasteiger partial charge < -0.3 is 20.1 Å². The highest BCUT2D eigenvalue weighted by Gasteiger charge is 2.40. The molecule has 0 spiro atoms. The molecule has 1 aromatic rings. The molecule has 0 saturated heterocycles. The number of hydrogen-bond donors (Lipinski definition) is 2. The van der Waals surface area contributed by atoms with Crippen molar-refractivity contribution in [1.82, 2.24) is 10.2 Å². The van der Waals surface area contributed by atoms with Crippen molar-refractivity contribution in [3.8, 4) is 0 Å². The van der Waals surface area contributed by atoms with E-state index in [1.54, 1.807) is 0 Å². The molecule has 2 N–H and O–H groups in total. The van der Waals surface area contributed by atoms with E-state index in [0.29, 0.717) is 12.5 Å². The highest BCUT2D eigenvalue weighted by atomic mass is 16.5. The Labute approximate surface area is 123 Å². The quantitative estimate of drug-likeness (QED) is 0.793. The molecule has 1 aliphatic carbocycles. The number of carboxylic acid groups (broad SMARTS) is 1. The zero-order chi connectivity index (χ0) is 15.2. The Morgan fingerprint density at radius 1 is 1.38 bits per heavy atom. The van der Waals surface area contributed by atoms with Crippen LogP contribution in [0.4, 0.5) is 4.79 Å². The lowest BCUT2D eigenvalue weighted by Gasteiger charge is -2.20. The van der Waals surface area contributed by atoms with Crippen LogP contribution in [0.2, 0.25) is 0 Å². The number of urea groups is 1. The van der Waals surface area contributed by atoms with E-state index in [2.05, 4.69) is 5.32 Å². The maximum atomic E-state index is 12.1. The molecule has 1 aliphatic rings. The van der Waals surface area contributed by atoms with Gasteiger partial charge in [0.2, 0.25) is 0 Å². The van der Waals surface area contributed by atoms with Crippen LogP contribution in [0.5, 0.6) is 0 Å². The SMILES string of the molecule is COCCN(CC(=O)O)C(=O)NC1CC1c1ccccc1. The van der Waals surface area contributed by atoms with E-state index in [0.717, 1.165) is 6.42 Å². The fourth-order valence-corrected chi connectivity index (χ4v) is 2.29. The van der Waals surface area contributed by atoms with E-state index >= 15 is 0 Å². The third-order valence-electron chi connectivity index (χ3n) is 3.51. The minimum absolute atomic E-state index is 0.0822. The number of carbonyl (C=O) groups excluding carboxylic acids is 1. The summed E-state index contributed by atoms with van der Waals surface area (Å²) in [5, 5.41) is 11.7. The Balaban J connectivity index is 1.86. The molecule has 2 rings (SSSR count). The molecule has 0 bridgehead atoms. The number of carboxylic acids is 1. The maximum absolute atomic E-state index is 12.1. The minimum atomic E-state index is -1.03. The number of methoxy groups -OCH3 is 1. The van der Waals surface area contributed by atoms with Gasteiger partial charge in [-0.1, -0.05) is 30.3 Å². The third-order valence-corrected chi connectivity index (χ3v) is 3.51. The maximum Gasteiger partial charge on any atom is 0.323 e. The van der Waals surface area contributed by atoms with E-state index in [1.165, 1.54) is 17.6 Å². The monoisotopic (exact) mass is 292 g/mol. The Hall–Kier alpha value is -2.08. The lowest BCUT2D eigenvalue weighted by atomic mass is 10.1. The van der Waals surface area contributed by atoms with Gasteiger partial charge in [-0.3, -0.25) is 4.79 Å². The summed E-state index contributed by atoms with van der Waals surface area (Å²) in [6, 6.07) is 9.72. The van der Waals surface area contributed by atoms with Gasteiger partial charge in [-0.25, -0.2) is 4.79 Å². The van der Waals surface area contributed by atoms with Crippen LogP contribution in [0, 0.1) is 0 Å². The summed E-state index contributed by atoms with van der Waals surface area (Å²) < 4.78 is 4.90. The average Bonchev–Trinajstić information content (AvgIpc) is 3.23. The topological polar surface area (TPSA) is 78.9 Å². The van der Waals surface area contributed by atoms with Gasteiger partial charge in [0, 0.05) is 25.6 Å². The first kappa shape index (κ1) is 15.3. The average molecular weight is 292 g/mol. The smallest absolute Gasteiger partial charge is 0.323 e. The second-order valence-electron chi connectivity index (χ2n) is 5.12. The van der Waals surface area contributed by atoms with Crippen molar-refractivity contribution in [2.45, 2.75) is 18.4 Å². The van der Waals surface area contributed by atoms with Crippen molar-refractivity contribution < 1.29 is 19.4 Å². The zero-order valence-corrected chi connectivity index (χ0v) is 12.0. The van der Waals surface area contributed by atoms with Crippen molar-refractivity contribution in [1.29, 1.82) is 0 Å². The highest BCUT2D eigenvalue weighted by Crippen LogP contribution is 2.40. The molecule has 2 unspecified atom stereocenters. The molecule has 0 radical (unpaired) electrons. The molecule has 0 aromatic heterocycles. The van der Waals surface area contributed by atoms with Gasteiger partial charge in [-0.05, 0) is 12.0 Å². The zero-order valence-electron chi connectivity index (χ0n) is 12.0. The molecule has 21 heavy (non-hydrogen) atoms. The van der Waals surface area contributed by atoms with Gasteiger partial charge in [-0.2, -0.15) is 0 Å². The van der Waals surface area contributed by atoms with Crippen LogP contribution in [-0.2, 0) is 9.53 Å². The second-order valence-corrected chi connectivity index (χ2v) is 5.12. The molecule has 1 fully saturated rings. The van der Waals surface area contributed by atoms with Gasteiger partial charge in [-0.15, -0.1) is 0 Å². The van der Waals surface area contributed by atoms with E-state index < -0.39 is 5.97 Å². The minimum Gasteiger partial charge on any atom is -0.480 e. The molecule has 6 heteroatoms. The van der Waals surface area contributed by atoms with Gasteiger partial charge in [0.1, 0.15) is 6.54 Å². The van der Waals surface area contributed by atoms with Crippen LogP contribution in [0.25, 0.3) is 0 Å². The highest BCUT2D eigenvalue weighted by molar-refractivity contribution is 5.80. The van der Waals surface area contributed by atoms with Crippen LogP contribution in [0.1, 0.15) is 17.9 Å². The molecule has 2 atom stereocenters. The first-order chi connectivity index (χ1) is 10.1. The van der Waals surface area contributed by atoms with Crippen LogP contribution in [0.15, 0.2) is 30.3 Å². The normalized spacial score (nSPS) is 19.9. The second kappa shape index (κ2) is 7.08. The first-order valence-corrected chi connectivity index (χ1v) is 6.93. The number of rotatable bonds is 7. The standard InChI is InChI=1S/C15H20N2O4/c1-21-8-7-17(10-14(18)19)15(20)16-13-9-12(13)11-5-3-2-4-6-11/h2-6,12-13H,7-10H2,1H3,(H,16,20)(H,18,19). The Kier molecular flexibility index (Phi) is 5.16. The number of nitrogens with zero attached hydrogens (tertiary/aromatic N) is 1. The number of hydrogen-bond acceptors (Lipinski definition) is 3. The lowest BCUT2D eigenvalue weighted by Crippen LogP contribution is -2.45. The number of amides is 2. The Morgan fingerprint density at radius 2 is 2.10 bits per heavy atom. The van der Waals surface area contributed by atoms with Crippen LogP contribution in [0.3, 0.4) is 0 Å². The van der Waals surface area contributed by atoms with E-state index in [-0.39, 0.29) is 25.2 Å². The van der Waals surface area contributed by atoms with Gasteiger partial charge in [0.05, 0.1) is 6.61 Å². The predicted molar refractivity (Wildman–Crippen MR) is 77.2 cm³/mol. The number of aliphatic carboxylic acids is 1. The van der Waals surface area contributed by atoms with E-state index in [4.69, 9.17) is 9.84 Å². The van der Waals surface area contributed by atoms with Crippen molar-refractivity contribution in [2.24, 2.45) is 0 Å². The molecular weight excluding hydrogens is 272 g/mol.